The van der Waals surface area contributed by atoms with E-state index in [2.05, 4.69) is 61.8 Å². The van der Waals surface area contributed by atoms with E-state index < -0.39 is 0 Å². The summed E-state index contributed by atoms with van der Waals surface area (Å²) in [6.07, 6.45) is 9.11. The maximum atomic E-state index is 10.2. The van der Waals surface area contributed by atoms with Gasteiger partial charge in [0.1, 0.15) is 23.3 Å². The number of hydrogen-bond donors (Lipinski definition) is 0. The molecule has 0 spiro atoms. The van der Waals surface area contributed by atoms with E-state index in [0.29, 0.717) is 5.56 Å². The molecule has 0 atom stereocenters. The number of unbranched alkanes of at least 4 members (excludes halogenated alkanes) is 4. The summed E-state index contributed by atoms with van der Waals surface area (Å²) in [5.41, 5.74) is 2.80. The number of anilines is 2. The van der Waals surface area contributed by atoms with Crippen molar-refractivity contribution in [1.82, 2.24) is 4.98 Å². The molecule has 0 saturated carbocycles. The van der Waals surface area contributed by atoms with E-state index >= 15 is 0 Å². The highest BCUT2D eigenvalue weighted by Crippen LogP contribution is 2.34. The Morgan fingerprint density at radius 3 is 1.72 bits per heavy atom. The van der Waals surface area contributed by atoms with E-state index in [1.165, 1.54) is 0 Å². The molecule has 0 radical (unpaired) electrons. The second-order valence-corrected chi connectivity index (χ2v) is 8.59. The number of pyridine rings is 1. The Bertz CT molecular complexity index is 809. The Balaban J connectivity index is 2.65. The molecule has 0 amide bonds. The number of hydrogen-bond acceptors (Lipinski definition) is 4. The minimum atomic E-state index is 0.707. The van der Waals surface area contributed by atoms with Crippen molar-refractivity contribution in [1.29, 1.82) is 5.26 Å². The Kier molecular flexibility index (Phi) is 11.7. The molecule has 2 aromatic rings. The predicted molar refractivity (Wildman–Crippen MR) is 138 cm³/mol. The first-order valence-corrected chi connectivity index (χ1v) is 12.7. The van der Waals surface area contributed by atoms with Gasteiger partial charge in [0.15, 0.2) is 0 Å². The van der Waals surface area contributed by atoms with Crippen molar-refractivity contribution in [2.24, 2.45) is 0 Å². The fraction of sp³-hybridized carbons (Fsp3) is 0.571. The van der Waals surface area contributed by atoms with Crippen molar-refractivity contribution in [3.63, 3.8) is 0 Å². The van der Waals surface area contributed by atoms with Crippen molar-refractivity contribution in [3.8, 4) is 17.2 Å². The molecule has 0 N–H and O–H groups in total. The van der Waals surface area contributed by atoms with Gasteiger partial charge < -0.3 is 9.80 Å². The van der Waals surface area contributed by atoms with Crippen LogP contribution in [0, 0.1) is 11.3 Å². The molecule has 4 nitrogen and oxygen atoms in total. The second-order valence-electron chi connectivity index (χ2n) is 8.59. The molecule has 2 rings (SSSR count). The molecule has 0 fully saturated rings. The summed E-state index contributed by atoms with van der Waals surface area (Å²) >= 11 is 0. The van der Waals surface area contributed by atoms with Crippen molar-refractivity contribution < 1.29 is 0 Å². The molecule has 0 aliphatic rings. The van der Waals surface area contributed by atoms with Crippen LogP contribution in [0.15, 0.2) is 36.4 Å². The van der Waals surface area contributed by atoms with Gasteiger partial charge in [0.2, 0.25) is 0 Å². The first kappa shape index (κ1) is 25.7. The van der Waals surface area contributed by atoms with Gasteiger partial charge in [0.25, 0.3) is 0 Å². The van der Waals surface area contributed by atoms with Gasteiger partial charge in [-0.2, -0.15) is 5.26 Å². The summed E-state index contributed by atoms with van der Waals surface area (Å²) in [4.78, 5) is 9.96. The normalized spacial score (nSPS) is 10.7. The minimum absolute atomic E-state index is 0.707. The maximum absolute atomic E-state index is 10.2. The second kappa shape index (κ2) is 14.5. The Morgan fingerprint density at radius 1 is 0.750 bits per heavy atom. The monoisotopic (exact) mass is 434 g/mol. The van der Waals surface area contributed by atoms with Gasteiger partial charge in [-0.25, -0.2) is 4.98 Å². The molecular weight excluding hydrogens is 392 g/mol. The Hall–Kier alpha value is -2.54. The van der Waals surface area contributed by atoms with Crippen LogP contribution < -0.4 is 9.80 Å². The first-order chi connectivity index (χ1) is 15.7. The molecule has 4 heteroatoms. The number of nitrogens with zero attached hydrogens (tertiary/aromatic N) is 4. The summed E-state index contributed by atoms with van der Waals surface area (Å²) in [6.45, 7) is 12.8. The van der Waals surface area contributed by atoms with E-state index in [0.717, 1.165) is 100 Å². The van der Waals surface area contributed by atoms with Gasteiger partial charge >= 0.3 is 0 Å². The molecule has 0 unspecified atom stereocenters. The molecule has 0 saturated heterocycles. The van der Waals surface area contributed by atoms with Gasteiger partial charge in [-0.15, -0.1) is 0 Å². The zero-order chi connectivity index (χ0) is 23.2. The van der Waals surface area contributed by atoms with Crippen molar-refractivity contribution in [3.05, 3.63) is 42.0 Å². The van der Waals surface area contributed by atoms with E-state index in [-0.39, 0.29) is 0 Å². The third-order valence-electron chi connectivity index (χ3n) is 5.93. The third kappa shape index (κ3) is 7.26. The summed E-state index contributed by atoms with van der Waals surface area (Å²) in [7, 11) is 0. The molecule has 32 heavy (non-hydrogen) atoms. The minimum Gasteiger partial charge on any atom is -0.357 e. The number of nitriles is 1. The lowest BCUT2D eigenvalue weighted by atomic mass is 10.00. The van der Waals surface area contributed by atoms with Crippen LogP contribution in [0.3, 0.4) is 0 Å². The van der Waals surface area contributed by atoms with Crippen LogP contribution >= 0.6 is 0 Å². The van der Waals surface area contributed by atoms with Gasteiger partial charge in [0, 0.05) is 31.7 Å². The Morgan fingerprint density at radius 2 is 1.25 bits per heavy atom. The highest BCUT2D eigenvalue weighted by atomic mass is 15.2. The molecular formula is C28H42N4. The fourth-order valence-corrected chi connectivity index (χ4v) is 3.93. The molecule has 1 heterocycles. The summed E-state index contributed by atoms with van der Waals surface area (Å²) < 4.78 is 0. The van der Waals surface area contributed by atoms with E-state index in [9.17, 15) is 5.26 Å². The van der Waals surface area contributed by atoms with E-state index in [1.807, 2.05) is 18.2 Å². The lowest BCUT2D eigenvalue weighted by Crippen LogP contribution is -2.30. The van der Waals surface area contributed by atoms with Crippen LogP contribution in [0.5, 0.6) is 0 Å². The smallest absolute Gasteiger partial charge is 0.149 e. The van der Waals surface area contributed by atoms with Gasteiger partial charge in [0.05, 0.1) is 0 Å². The van der Waals surface area contributed by atoms with Crippen LogP contribution in [-0.4, -0.2) is 31.2 Å². The third-order valence-corrected chi connectivity index (χ3v) is 5.93. The lowest BCUT2D eigenvalue weighted by Gasteiger charge is -2.29. The average Bonchev–Trinajstić information content (AvgIpc) is 2.84. The fourth-order valence-electron chi connectivity index (χ4n) is 3.93. The lowest BCUT2D eigenvalue weighted by molar-refractivity contribution is 0.659. The van der Waals surface area contributed by atoms with Crippen molar-refractivity contribution >= 4 is 11.6 Å². The van der Waals surface area contributed by atoms with Crippen LogP contribution in [0.25, 0.3) is 11.1 Å². The molecule has 0 aliphatic heterocycles. The molecule has 0 aliphatic carbocycles. The topological polar surface area (TPSA) is 43.2 Å². The highest BCUT2D eigenvalue weighted by Gasteiger charge is 2.21. The molecule has 1 aromatic carbocycles. The van der Waals surface area contributed by atoms with Crippen LogP contribution in [0.1, 0.15) is 84.6 Å². The molecule has 0 bridgehead atoms. The zero-order valence-corrected chi connectivity index (χ0v) is 20.7. The highest BCUT2D eigenvalue weighted by molar-refractivity contribution is 5.79. The predicted octanol–water partition coefficient (Wildman–Crippen LogP) is 7.43. The molecule has 174 valence electrons. The van der Waals surface area contributed by atoms with Crippen molar-refractivity contribution in [2.45, 2.75) is 79.1 Å². The zero-order valence-electron chi connectivity index (χ0n) is 20.7. The number of rotatable bonds is 15. The SMILES string of the molecule is CCCCN(CCCC)c1cc(-c2ccccc2)c(C#N)c(N(CCCC)CCCC)n1. The van der Waals surface area contributed by atoms with Crippen molar-refractivity contribution in [2.75, 3.05) is 36.0 Å². The Labute approximate surface area is 196 Å². The van der Waals surface area contributed by atoms with E-state index in [1.54, 1.807) is 0 Å². The van der Waals surface area contributed by atoms with Gasteiger partial charge in [-0.05, 0) is 37.3 Å². The average molecular weight is 435 g/mol. The summed E-state index contributed by atoms with van der Waals surface area (Å²) in [5.74, 6) is 1.88. The quantitative estimate of drug-likeness (QED) is 0.292. The van der Waals surface area contributed by atoms with Gasteiger partial charge in [-0.3, -0.25) is 0 Å². The summed E-state index contributed by atoms with van der Waals surface area (Å²) in [5, 5.41) is 10.2. The largest absolute Gasteiger partial charge is 0.357 e. The van der Waals surface area contributed by atoms with E-state index in [4.69, 9.17) is 4.98 Å². The number of benzene rings is 1. The number of aromatic nitrogens is 1. The molecule has 1 aromatic heterocycles. The van der Waals surface area contributed by atoms with Gasteiger partial charge in [-0.1, -0.05) is 83.7 Å². The van der Waals surface area contributed by atoms with Crippen LogP contribution in [0.2, 0.25) is 0 Å². The standard InChI is InChI=1S/C28H42N4/c1-5-9-18-31(19-10-6-2)27-22-25(24-16-14-13-15-17-24)26(23-29)28(30-27)32(20-11-7-3)21-12-8-4/h13-17,22H,5-12,18-21H2,1-4H3. The summed E-state index contributed by atoms with van der Waals surface area (Å²) in [6, 6.07) is 15.0. The maximum Gasteiger partial charge on any atom is 0.149 e. The van der Waals surface area contributed by atoms with Crippen LogP contribution in [0.4, 0.5) is 11.6 Å². The first-order valence-electron chi connectivity index (χ1n) is 12.7. The van der Waals surface area contributed by atoms with Crippen LogP contribution in [-0.2, 0) is 0 Å².